The molecular formula is C29H34F3N9O2. The smallest absolute Gasteiger partial charge is 0.382 e. The van der Waals surface area contributed by atoms with E-state index in [1.165, 1.54) is 24.3 Å². The van der Waals surface area contributed by atoms with E-state index in [9.17, 15) is 22.9 Å². The number of hydrogen-bond donors (Lipinski definition) is 3. The van der Waals surface area contributed by atoms with Crippen LogP contribution in [0.5, 0.6) is 0 Å². The van der Waals surface area contributed by atoms with Crippen LogP contribution in [0.25, 0.3) is 22.0 Å². The number of nitrogen functional groups attached to an aromatic ring is 1. The number of likely N-dealkylation sites (N-methyl/N-ethyl adjacent to an activating group) is 1. The van der Waals surface area contributed by atoms with Crippen molar-refractivity contribution in [2.75, 3.05) is 49.6 Å². The number of rotatable bonds is 6. The molecule has 0 atom stereocenters. The maximum atomic E-state index is 13.9. The van der Waals surface area contributed by atoms with Crippen molar-refractivity contribution in [2.24, 2.45) is 12.2 Å². The van der Waals surface area contributed by atoms with Crippen LogP contribution >= 0.6 is 0 Å². The molecule has 0 aliphatic carbocycles. The summed E-state index contributed by atoms with van der Waals surface area (Å²) in [5.41, 5.74) is 7.20. The Hall–Kier alpha value is -4.56. The molecule has 0 unspecified atom stereocenters. The van der Waals surface area contributed by atoms with Crippen molar-refractivity contribution >= 4 is 39.8 Å². The first-order valence-electron chi connectivity index (χ1n) is 13.8. The van der Waals surface area contributed by atoms with Crippen molar-refractivity contribution in [1.82, 2.24) is 24.6 Å². The van der Waals surface area contributed by atoms with Gasteiger partial charge in [0, 0.05) is 57.2 Å². The first-order chi connectivity index (χ1) is 20.5. The fraction of sp³-hybridized carbons (Fsp3) is 0.345. The van der Waals surface area contributed by atoms with Gasteiger partial charge in [0.2, 0.25) is 0 Å². The average molecular weight is 598 g/mol. The lowest BCUT2D eigenvalue weighted by molar-refractivity contribution is -0.138. The molecule has 3 heterocycles. The van der Waals surface area contributed by atoms with Gasteiger partial charge in [-0.3, -0.25) is 14.6 Å². The topological polar surface area (TPSA) is 134 Å². The largest absolute Gasteiger partial charge is 0.416 e. The highest BCUT2D eigenvalue weighted by atomic mass is 19.4. The summed E-state index contributed by atoms with van der Waals surface area (Å²) in [7, 11) is 3.70. The Bertz CT molecular complexity index is 1610. The van der Waals surface area contributed by atoms with Crippen LogP contribution in [0.1, 0.15) is 25.0 Å². The Morgan fingerprint density at radius 1 is 1.02 bits per heavy atom. The number of carbonyl (C=O) groups is 1. The molecule has 2 amide bonds. The van der Waals surface area contributed by atoms with Crippen LogP contribution in [0.2, 0.25) is 0 Å². The Labute approximate surface area is 246 Å². The molecule has 4 N–H and O–H groups in total. The molecule has 4 aromatic rings. The van der Waals surface area contributed by atoms with E-state index in [4.69, 9.17) is 5.73 Å². The summed E-state index contributed by atoms with van der Waals surface area (Å²) in [5, 5.41) is 12.8. The van der Waals surface area contributed by atoms with E-state index < -0.39 is 17.8 Å². The highest BCUT2D eigenvalue weighted by molar-refractivity contribution is 6.04. The van der Waals surface area contributed by atoms with Gasteiger partial charge in [0.15, 0.2) is 5.82 Å². The third-order valence-electron chi connectivity index (χ3n) is 7.11. The van der Waals surface area contributed by atoms with Gasteiger partial charge in [0.25, 0.3) is 0 Å². The Balaban J connectivity index is 0.00000207. The molecule has 228 valence electrons. The second-order valence-electron chi connectivity index (χ2n) is 9.94. The number of nitrogens with zero attached hydrogens (tertiary/aromatic N) is 6. The lowest BCUT2D eigenvalue weighted by Gasteiger charge is -2.33. The Morgan fingerprint density at radius 3 is 2.42 bits per heavy atom. The fourth-order valence-corrected chi connectivity index (χ4v) is 4.92. The summed E-state index contributed by atoms with van der Waals surface area (Å²) in [4.78, 5) is 32.7. The fourth-order valence-electron chi connectivity index (χ4n) is 4.92. The zero-order valence-electron chi connectivity index (χ0n) is 24.4. The van der Waals surface area contributed by atoms with Crippen LogP contribution in [0.15, 0.2) is 54.0 Å². The summed E-state index contributed by atoms with van der Waals surface area (Å²) in [6, 6.07) is 7.46. The molecule has 43 heavy (non-hydrogen) atoms. The number of hydrogen-bond acceptors (Lipinski definition) is 8. The zero-order valence-corrected chi connectivity index (χ0v) is 24.4. The minimum Gasteiger partial charge on any atom is -0.382 e. The van der Waals surface area contributed by atoms with Gasteiger partial charge in [-0.25, -0.2) is 4.79 Å². The molecule has 1 saturated heterocycles. The number of aromatic nitrogens is 3. The number of carbonyl (C=O) groups excluding carboxylic acids is 1. The summed E-state index contributed by atoms with van der Waals surface area (Å²) in [5.74, 6) is 0.287. The summed E-state index contributed by atoms with van der Waals surface area (Å²) < 4.78 is 43.3. The number of alkyl halides is 3. The second kappa shape index (κ2) is 13.2. The van der Waals surface area contributed by atoms with Crippen LogP contribution in [0, 0.1) is 4.91 Å². The van der Waals surface area contributed by atoms with Crippen molar-refractivity contribution in [2.45, 2.75) is 26.6 Å². The molecule has 2 aromatic heterocycles. The van der Waals surface area contributed by atoms with Crippen LogP contribution in [0.4, 0.5) is 40.8 Å². The summed E-state index contributed by atoms with van der Waals surface area (Å²) in [6.45, 7) is 7.06. The molecule has 11 nitrogen and oxygen atoms in total. The molecule has 0 bridgehead atoms. The molecule has 0 radical (unpaired) electrons. The maximum absolute atomic E-state index is 13.9. The molecule has 14 heteroatoms. The van der Waals surface area contributed by atoms with Crippen molar-refractivity contribution in [3.8, 4) is 11.1 Å². The van der Waals surface area contributed by atoms with Gasteiger partial charge >= 0.3 is 12.2 Å². The van der Waals surface area contributed by atoms with Gasteiger partial charge < -0.3 is 21.3 Å². The molecule has 1 fully saturated rings. The van der Waals surface area contributed by atoms with Gasteiger partial charge in [-0.1, -0.05) is 26.0 Å². The van der Waals surface area contributed by atoms with E-state index in [1.54, 1.807) is 30.2 Å². The number of nitrogens with one attached hydrogen (secondary N) is 2. The van der Waals surface area contributed by atoms with Crippen LogP contribution in [0.3, 0.4) is 0 Å². The molecule has 2 aromatic carbocycles. The van der Waals surface area contributed by atoms with E-state index in [1.807, 2.05) is 25.8 Å². The van der Waals surface area contributed by atoms with E-state index >= 15 is 0 Å². The minimum atomic E-state index is -4.60. The lowest BCUT2D eigenvalue weighted by Crippen LogP contribution is -2.44. The SMILES string of the molecule is CC.CN1CCN(Cc2ccc(NC(=O)Nc3ccc(-c4cncc5c4c(N)nn5C)cc3N=O)cc2C(F)(F)F)CC1. The zero-order chi connectivity index (χ0) is 31.3. The third-order valence-corrected chi connectivity index (χ3v) is 7.11. The van der Waals surface area contributed by atoms with Gasteiger partial charge in [0.1, 0.15) is 5.69 Å². The van der Waals surface area contributed by atoms with Crippen molar-refractivity contribution in [3.05, 3.63) is 64.8 Å². The summed E-state index contributed by atoms with van der Waals surface area (Å²) in [6.07, 6.45) is -1.41. The van der Waals surface area contributed by atoms with E-state index in [0.29, 0.717) is 35.1 Å². The monoisotopic (exact) mass is 597 g/mol. The van der Waals surface area contributed by atoms with Gasteiger partial charge in [0.05, 0.1) is 28.4 Å². The van der Waals surface area contributed by atoms with Crippen molar-refractivity contribution < 1.29 is 18.0 Å². The number of urea groups is 1. The quantitative estimate of drug-likeness (QED) is 0.230. The number of amides is 2. The molecule has 1 aliphatic heterocycles. The number of benzene rings is 2. The number of halogens is 3. The standard InChI is InChI=1S/C27H28F3N9O2.C2H6/c1-37-7-9-39(10-8-37)15-17-3-5-18(12-20(17)27(28,29)30)33-26(40)34-21-6-4-16(11-22(21)36-41)19-13-32-14-23-24(19)25(31)35-38(23)2;1-2/h3-6,11-14H,7-10,15H2,1-2H3,(H2,31,35)(H2,33,34,40);1-2H3. The van der Waals surface area contributed by atoms with E-state index in [2.05, 4.69) is 30.8 Å². The molecule has 1 aliphatic rings. The number of piperazine rings is 1. The van der Waals surface area contributed by atoms with Crippen molar-refractivity contribution in [3.63, 3.8) is 0 Å². The van der Waals surface area contributed by atoms with Gasteiger partial charge in [-0.15, -0.1) is 4.91 Å². The van der Waals surface area contributed by atoms with Crippen LogP contribution in [-0.2, 0) is 19.8 Å². The molecule has 5 rings (SSSR count). The third kappa shape index (κ3) is 7.09. The average Bonchev–Trinajstić information content (AvgIpc) is 3.28. The first kappa shape index (κ1) is 31.4. The van der Waals surface area contributed by atoms with E-state index in [-0.39, 0.29) is 35.0 Å². The highest BCUT2D eigenvalue weighted by Gasteiger charge is 2.34. The Morgan fingerprint density at radius 2 is 1.74 bits per heavy atom. The molecular weight excluding hydrogens is 563 g/mol. The highest BCUT2D eigenvalue weighted by Crippen LogP contribution is 2.37. The lowest BCUT2D eigenvalue weighted by atomic mass is 10.0. The number of anilines is 3. The number of fused-ring (bicyclic) bond motifs is 1. The number of pyridine rings is 1. The minimum absolute atomic E-state index is 0.0426. The molecule has 0 spiro atoms. The van der Waals surface area contributed by atoms with E-state index in [0.717, 1.165) is 19.2 Å². The Kier molecular flexibility index (Phi) is 9.61. The number of nitroso groups, excluding NO2 is 1. The normalized spacial score (nSPS) is 14.2. The summed E-state index contributed by atoms with van der Waals surface area (Å²) >= 11 is 0. The number of nitrogens with two attached hydrogens (primary N) is 1. The first-order valence-corrected chi connectivity index (χ1v) is 13.8. The molecule has 0 saturated carbocycles. The van der Waals surface area contributed by atoms with Gasteiger partial charge in [-0.05, 0) is 47.6 Å². The van der Waals surface area contributed by atoms with Gasteiger partial charge in [-0.2, -0.15) is 18.3 Å². The van der Waals surface area contributed by atoms with Crippen molar-refractivity contribution in [1.29, 1.82) is 0 Å². The van der Waals surface area contributed by atoms with Crippen LogP contribution in [-0.4, -0.2) is 63.8 Å². The number of aryl methyl sites for hydroxylation is 1. The van der Waals surface area contributed by atoms with Crippen LogP contribution < -0.4 is 16.4 Å². The predicted molar refractivity (Wildman–Crippen MR) is 162 cm³/mol. The second-order valence-corrected chi connectivity index (χ2v) is 9.94. The maximum Gasteiger partial charge on any atom is 0.416 e. The predicted octanol–water partition coefficient (Wildman–Crippen LogP) is 6.05.